The van der Waals surface area contributed by atoms with Crippen LogP contribution in [0.25, 0.3) is 22.2 Å². The van der Waals surface area contributed by atoms with Gasteiger partial charge in [-0.2, -0.15) is 0 Å². The Labute approximate surface area is 228 Å². The summed E-state index contributed by atoms with van der Waals surface area (Å²) in [6.45, 7) is 5.46. The van der Waals surface area contributed by atoms with Gasteiger partial charge in [0.05, 0.1) is 17.8 Å². The minimum absolute atomic E-state index is 0. The summed E-state index contributed by atoms with van der Waals surface area (Å²) in [7, 11) is 0. The van der Waals surface area contributed by atoms with Crippen LogP contribution in [0.3, 0.4) is 0 Å². The fourth-order valence-corrected chi connectivity index (χ4v) is 3.63. The number of ketones is 1. The number of halogens is 2. The number of hydrogen-bond donors (Lipinski definition) is 2. The van der Waals surface area contributed by atoms with E-state index in [1.165, 1.54) is 35.9 Å². The van der Waals surface area contributed by atoms with Gasteiger partial charge in [0, 0.05) is 33.8 Å². The molecule has 0 aliphatic rings. The summed E-state index contributed by atoms with van der Waals surface area (Å²) >= 11 is 0. The second kappa shape index (κ2) is 14.5. The third kappa shape index (κ3) is 9.13. The lowest BCUT2D eigenvalue weighted by Crippen LogP contribution is -1.94. The molecule has 0 saturated heterocycles. The summed E-state index contributed by atoms with van der Waals surface area (Å²) in [6.07, 6.45) is 0. The third-order valence-electron chi connectivity index (χ3n) is 5.67. The van der Waals surface area contributed by atoms with Gasteiger partial charge in [-0.25, -0.2) is 13.8 Å². The average Bonchev–Trinajstić information content (AvgIpc) is 2.89. The maximum atomic E-state index is 13.2. The molecule has 39 heavy (non-hydrogen) atoms. The van der Waals surface area contributed by atoms with Crippen molar-refractivity contribution in [2.45, 2.75) is 34.8 Å². The first-order valence-electron chi connectivity index (χ1n) is 12.0. The Hall–Kier alpha value is -4.42. The van der Waals surface area contributed by atoms with Gasteiger partial charge in [-0.15, -0.1) is 0 Å². The van der Waals surface area contributed by atoms with Gasteiger partial charge in [0.1, 0.15) is 11.6 Å². The van der Waals surface area contributed by atoms with Crippen LogP contribution in [0.4, 0.5) is 14.5 Å². The zero-order chi connectivity index (χ0) is 27.7. The Morgan fingerprint density at radius 1 is 0.821 bits per heavy atom. The van der Waals surface area contributed by atoms with Crippen molar-refractivity contribution in [2.24, 2.45) is 0 Å². The number of nitrogen functional groups attached to an aromatic ring is 1. The lowest BCUT2D eigenvalue weighted by atomic mass is 10.1. The molecule has 0 amide bonds. The van der Waals surface area contributed by atoms with Gasteiger partial charge in [0.15, 0.2) is 5.78 Å². The lowest BCUT2D eigenvalue weighted by Gasteiger charge is -2.04. The van der Waals surface area contributed by atoms with E-state index in [-0.39, 0.29) is 31.5 Å². The standard InChI is InChI=1S/C16H12FN.C9H10O.C7H8FNO.CH4/c1-11-3-2-4-13(9-11)15-8-6-12-5-7-14(17)10-16(12)18-15;1-7-4-3-5-9(6-7)8(2)10;8-6-2-1-5(4-10)7(9)3-6;/h2-10H,1H3;3-6H,1-2H3;1-3,10H,4,9H2;1H4. The number of anilines is 1. The van der Waals surface area contributed by atoms with Gasteiger partial charge in [-0.1, -0.05) is 67.1 Å². The largest absolute Gasteiger partial charge is 0.398 e. The first-order valence-corrected chi connectivity index (χ1v) is 12.0. The van der Waals surface area contributed by atoms with Crippen molar-refractivity contribution in [3.05, 3.63) is 131 Å². The number of hydrogen-bond acceptors (Lipinski definition) is 4. The quantitative estimate of drug-likeness (QED) is 0.183. The molecular weight excluding hydrogens is 494 g/mol. The van der Waals surface area contributed by atoms with E-state index in [1.807, 2.05) is 68.4 Å². The smallest absolute Gasteiger partial charge is 0.159 e. The van der Waals surface area contributed by atoms with Crippen molar-refractivity contribution in [3.63, 3.8) is 0 Å². The van der Waals surface area contributed by atoms with E-state index in [9.17, 15) is 13.6 Å². The van der Waals surface area contributed by atoms with Gasteiger partial charge >= 0.3 is 0 Å². The number of carbonyl (C=O) groups excluding carboxylic acids is 1. The minimum atomic E-state index is -0.380. The summed E-state index contributed by atoms with van der Waals surface area (Å²) in [5.74, 6) is -0.505. The molecule has 202 valence electrons. The summed E-state index contributed by atoms with van der Waals surface area (Å²) in [6, 6.07) is 28.3. The van der Waals surface area contributed by atoms with Crippen LogP contribution in [0, 0.1) is 25.5 Å². The number of aliphatic hydroxyl groups excluding tert-OH is 1. The third-order valence-corrected chi connectivity index (χ3v) is 5.67. The van der Waals surface area contributed by atoms with Crippen LogP contribution in [-0.2, 0) is 6.61 Å². The van der Waals surface area contributed by atoms with E-state index in [0.717, 1.165) is 27.8 Å². The number of pyridine rings is 1. The molecule has 4 nitrogen and oxygen atoms in total. The van der Waals surface area contributed by atoms with Crippen LogP contribution in [-0.4, -0.2) is 15.9 Å². The van der Waals surface area contributed by atoms with Crippen molar-refractivity contribution < 1.29 is 18.7 Å². The SMILES string of the molecule is C.CC(=O)c1cccc(C)c1.Cc1cccc(-c2ccc3ccc(F)cc3n2)c1.Nc1cc(F)ccc1CO. The van der Waals surface area contributed by atoms with Crippen molar-refractivity contribution in [2.75, 3.05) is 5.73 Å². The molecule has 3 N–H and O–H groups in total. The van der Waals surface area contributed by atoms with E-state index in [2.05, 4.69) is 11.1 Å². The molecular formula is C33H34F2N2O2. The molecule has 0 bridgehead atoms. The number of fused-ring (bicyclic) bond motifs is 1. The maximum Gasteiger partial charge on any atom is 0.159 e. The average molecular weight is 529 g/mol. The molecule has 4 aromatic carbocycles. The Bertz CT molecular complexity index is 1550. The fraction of sp³-hybridized carbons (Fsp3) is 0.152. The van der Waals surface area contributed by atoms with Gasteiger partial charge in [-0.05, 0) is 63.2 Å². The van der Waals surface area contributed by atoms with Crippen LogP contribution in [0.15, 0.2) is 97.1 Å². The molecule has 6 heteroatoms. The summed E-state index contributed by atoms with van der Waals surface area (Å²) < 4.78 is 25.5. The second-order valence-corrected chi connectivity index (χ2v) is 8.83. The van der Waals surface area contributed by atoms with Crippen LogP contribution >= 0.6 is 0 Å². The Balaban J connectivity index is 0.000000219. The van der Waals surface area contributed by atoms with Crippen molar-refractivity contribution in [1.29, 1.82) is 0 Å². The zero-order valence-corrected chi connectivity index (χ0v) is 21.6. The second-order valence-electron chi connectivity index (χ2n) is 8.83. The minimum Gasteiger partial charge on any atom is -0.398 e. The van der Waals surface area contributed by atoms with Gasteiger partial charge in [-0.3, -0.25) is 4.79 Å². The van der Waals surface area contributed by atoms with Crippen LogP contribution in [0.1, 0.15) is 41.4 Å². The van der Waals surface area contributed by atoms with E-state index in [4.69, 9.17) is 10.8 Å². The van der Waals surface area contributed by atoms with E-state index in [1.54, 1.807) is 13.0 Å². The number of rotatable bonds is 3. The Morgan fingerprint density at radius 2 is 1.44 bits per heavy atom. The first-order chi connectivity index (χ1) is 18.2. The van der Waals surface area contributed by atoms with Crippen molar-refractivity contribution in [3.8, 4) is 11.3 Å². The molecule has 0 aliphatic carbocycles. The summed E-state index contributed by atoms with van der Waals surface area (Å²) in [5.41, 5.74) is 11.9. The number of aliphatic hydroxyl groups is 1. The molecule has 0 unspecified atom stereocenters. The maximum absolute atomic E-state index is 13.2. The molecule has 1 aromatic heterocycles. The highest BCUT2D eigenvalue weighted by Crippen LogP contribution is 2.22. The van der Waals surface area contributed by atoms with Gasteiger partial charge in [0.2, 0.25) is 0 Å². The number of aromatic nitrogens is 1. The predicted molar refractivity (Wildman–Crippen MR) is 157 cm³/mol. The molecule has 1 heterocycles. The number of Topliss-reactive ketones (excluding diaryl/α,β-unsaturated/α-hetero) is 1. The van der Waals surface area contributed by atoms with E-state index in [0.29, 0.717) is 16.8 Å². The van der Waals surface area contributed by atoms with Crippen LogP contribution in [0.5, 0.6) is 0 Å². The molecule has 0 saturated carbocycles. The normalized spacial score (nSPS) is 9.90. The molecule has 5 aromatic rings. The number of benzene rings is 4. The Morgan fingerprint density at radius 3 is 2.03 bits per heavy atom. The topological polar surface area (TPSA) is 76.2 Å². The zero-order valence-electron chi connectivity index (χ0n) is 21.6. The van der Waals surface area contributed by atoms with E-state index >= 15 is 0 Å². The van der Waals surface area contributed by atoms with Crippen LogP contribution < -0.4 is 5.73 Å². The summed E-state index contributed by atoms with van der Waals surface area (Å²) in [5, 5.41) is 9.56. The molecule has 0 spiro atoms. The monoisotopic (exact) mass is 528 g/mol. The molecule has 0 fully saturated rings. The molecule has 0 radical (unpaired) electrons. The molecule has 0 aliphatic heterocycles. The lowest BCUT2D eigenvalue weighted by molar-refractivity contribution is 0.101. The molecule has 0 atom stereocenters. The number of nitrogens with zero attached hydrogens (tertiary/aromatic N) is 1. The highest BCUT2D eigenvalue weighted by Gasteiger charge is 2.03. The summed E-state index contributed by atoms with van der Waals surface area (Å²) in [4.78, 5) is 15.3. The molecule has 5 rings (SSSR count). The number of aryl methyl sites for hydroxylation is 2. The van der Waals surface area contributed by atoms with E-state index < -0.39 is 0 Å². The number of carbonyl (C=O) groups is 1. The highest BCUT2D eigenvalue weighted by atomic mass is 19.1. The highest BCUT2D eigenvalue weighted by molar-refractivity contribution is 5.94. The Kier molecular flexibility index (Phi) is 11.5. The van der Waals surface area contributed by atoms with Crippen molar-refractivity contribution in [1.82, 2.24) is 4.98 Å². The van der Waals surface area contributed by atoms with Gasteiger partial charge in [0.25, 0.3) is 0 Å². The predicted octanol–water partition coefficient (Wildman–Crippen LogP) is 8.08. The van der Waals surface area contributed by atoms with Crippen molar-refractivity contribution >= 4 is 22.4 Å². The fourth-order valence-electron chi connectivity index (χ4n) is 3.63. The van der Waals surface area contributed by atoms with Gasteiger partial charge < -0.3 is 10.8 Å². The number of nitrogens with two attached hydrogens (primary N) is 1. The van der Waals surface area contributed by atoms with Crippen LogP contribution in [0.2, 0.25) is 0 Å². The first kappa shape index (κ1) is 30.8.